The van der Waals surface area contributed by atoms with E-state index in [0.717, 1.165) is 18.0 Å². The second-order valence-electron chi connectivity index (χ2n) is 3.65. The van der Waals surface area contributed by atoms with Gasteiger partial charge in [0.25, 0.3) is 0 Å². The quantitative estimate of drug-likeness (QED) is 0.810. The molecule has 1 heterocycles. The molecule has 2 nitrogen and oxygen atoms in total. The van der Waals surface area contributed by atoms with Crippen molar-refractivity contribution < 1.29 is 0 Å². The normalized spacial score (nSPS) is 19.9. The number of likely N-dealkylation sites (N-methyl/N-ethyl adjacent to an activating group) is 1. The third-order valence-electron chi connectivity index (χ3n) is 2.86. The van der Waals surface area contributed by atoms with Crippen LogP contribution in [0.4, 0.5) is 5.69 Å². The lowest BCUT2D eigenvalue weighted by atomic mass is 10.1. The van der Waals surface area contributed by atoms with Crippen LogP contribution in [0, 0.1) is 0 Å². The number of nitrogens with zero attached hydrogens (tertiary/aromatic N) is 1. The lowest BCUT2D eigenvalue weighted by molar-refractivity contribution is 0.643. The number of anilines is 1. The number of halogens is 1. The van der Waals surface area contributed by atoms with Crippen molar-refractivity contribution >= 4 is 17.3 Å². The minimum atomic E-state index is 0.452. The first-order valence-electron chi connectivity index (χ1n) is 5.01. The van der Waals surface area contributed by atoms with E-state index in [4.69, 9.17) is 17.3 Å². The van der Waals surface area contributed by atoms with Crippen molar-refractivity contribution in [1.29, 1.82) is 0 Å². The summed E-state index contributed by atoms with van der Waals surface area (Å²) in [7, 11) is 0. The summed E-state index contributed by atoms with van der Waals surface area (Å²) in [5, 5.41) is 0.817. The summed E-state index contributed by atoms with van der Waals surface area (Å²) in [6.07, 6.45) is 1.03. The van der Waals surface area contributed by atoms with Gasteiger partial charge < -0.3 is 10.6 Å². The van der Waals surface area contributed by atoms with Crippen molar-refractivity contribution in [2.75, 3.05) is 18.0 Å². The molecular weight excluding hydrogens is 196 g/mol. The summed E-state index contributed by atoms with van der Waals surface area (Å²) >= 11 is 5.96. The van der Waals surface area contributed by atoms with E-state index in [2.05, 4.69) is 24.0 Å². The fourth-order valence-electron chi connectivity index (χ4n) is 2.20. The van der Waals surface area contributed by atoms with E-state index in [1.165, 1.54) is 11.3 Å². The molecule has 14 heavy (non-hydrogen) atoms. The Hall–Kier alpha value is -0.730. The smallest absolute Gasteiger partial charge is 0.0453 e. The molecule has 2 N–H and O–H groups in total. The highest BCUT2D eigenvalue weighted by atomic mass is 35.5. The minimum Gasteiger partial charge on any atom is -0.367 e. The fraction of sp³-hybridized carbons (Fsp3) is 0.455. The summed E-state index contributed by atoms with van der Waals surface area (Å²) in [6.45, 7) is 3.88. The van der Waals surface area contributed by atoms with Gasteiger partial charge in [0, 0.05) is 29.8 Å². The minimum absolute atomic E-state index is 0.452. The molecule has 76 valence electrons. The molecule has 1 atom stereocenters. The summed E-state index contributed by atoms with van der Waals surface area (Å²) in [5.41, 5.74) is 8.37. The number of nitrogens with two attached hydrogens (primary N) is 1. The highest BCUT2D eigenvalue weighted by Crippen LogP contribution is 2.33. The van der Waals surface area contributed by atoms with E-state index in [-0.39, 0.29) is 0 Å². The van der Waals surface area contributed by atoms with Gasteiger partial charge in [-0.15, -0.1) is 0 Å². The van der Waals surface area contributed by atoms with Crippen molar-refractivity contribution in [3.8, 4) is 0 Å². The summed E-state index contributed by atoms with van der Waals surface area (Å²) < 4.78 is 0. The SMILES string of the molecule is CCN1c2ccc(Cl)cc2CC1CN. The maximum absolute atomic E-state index is 5.96. The van der Waals surface area contributed by atoms with Gasteiger partial charge in [-0.3, -0.25) is 0 Å². The van der Waals surface area contributed by atoms with Gasteiger partial charge in [0.15, 0.2) is 0 Å². The van der Waals surface area contributed by atoms with Crippen LogP contribution < -0.4 is 10.6 Å². The standard InChI is InChI=1S/C11H15ClN2/c1-2-14-10(7-13)6-8-5-9(12)3-4-11(8)14/h3-5,10H,2,6-7,13H2,1H3. The number of hydrogen-bond acceptors (Lipinski definition) is 2. The van der Waals surface area contributed by atoms with Gasteiger partial charge in [0.2, 0.25) is 0 Å². The van der Waals surface area contributed by atoms with Gasteiger partial charge >= 0.3 is 0 Å². The van der Waals surface area contributed by atoms with Crippen LogP contribution in [0.5, 0.6) is 0 Å². The van der Waals surface area contributed by atoms with Crippen LogP contribution in [0.2, 0.25) is 5.02 Å². The van der Waals surface area contributed by atoms with Gasteiger partial charge in [0.1, 0.15) is 0 Å². The fourth-order valence-corrected chi connectivity index (χ4v) is 2.39. The predicted molar refractivity (Wildman–Crippen MR) is 61.0 cm³/mol. The molecule has 1 aromatic rings. The molecule has 0 amide bonds. The Bertz CT molecular complexity index is 338. The summed E-state index contributed by atoms with van der Waals surface area (Å²) in [4.78, 5) is 2.35. The van der Waals surface area contributed by atoms with E-state index in [0.29, 0.717) is 12.6 Å². The van der Waals surface area contributed by atoms with E-state index in [1.54, 1.807) is 0 Å². The van der Waals surface area contributed by atoms with Crippen molar-refractivity contribution in [3.63, 3.8) is 0 Å². The Balaban J connectivity index is 2.37. The molecule has 0 aromatic heterocycles. The summed E-state index contributed by atoms with van der Waals surface area (Å²) in [6, 6.07) is 6.54. The highest BCUT2D eigenvalue weighted by molar-refractivity contribution is 6.30. The van der Waals surface area contributed by atoms with E-state index < -0.39 is 0 Å². The van der Waals surface area contributed by atoms with Gasteiger partial charge in [-0.05, 0) is 37.1 Å². The molecule has 1 aliphatic heterocycles. The average molecular weight is 211 g/mol. The van der Waals surface area contributed by atoms with Gasteiger partial charge in [0.05, 0.1) is 0 Å². The third kappa shape index (κ3) is 1.49. The van der Waals surface area contributed by atoms with E-state index in [9.17, 15) is 0 Å². The Morgan fingerprint density at radius 3 is 3.00 bits per heavy atom. The van der Waals surface area contributed by atoms with Crippen LogP contribution in [0.1, 0.15) is 12.5 Å². The molecule has 0 fully saturated rings. The van der Waals surface area contributed by atoms with Crippen molar-refractivity contribution in [1.82, 2.24) is 0 Å². The van der Waals surface area contributed by atoms with Crippen LogP contribution in [0.15, 0.2) is 18.2 Å². The third-order valence-corrected chi connectivity index (χ3v) is 3.10. The Morgan fingerprint density at radius 2 is 2.36 bits per heavy atom. The second kappa shape index (κ2) is 3.79. The first-order chi connectivity index (χ1) is 6.76. The van der Waals surface area contributed by atoms with Gasteiger partial charge in [-0.25, -0.2) is 0 Å². The van der Waals surface area contributed by atoms with Crippen LogP contribution in [0.3, 0.4) is 0 Å². The average Bonchev–Trinajstić information content (AvgIpc) is 2.54. The monoisotopic (exact) mass is 210 g/mol. The lowest BCUT2D eigenvalue weighted by Crippen LogP contribution is -2.37. The molecule has 0 radical (unpaired) electrons. The van der Waals surface area contributed by atoms with Gasteiger partial charge in [-0.1, -0.05) is 11.6 Å². The molecule has 3 heteroatoms. The molecule has 1 unspecified atom stereocenters. The molecular formula is C11H15ClN2. The van der Waals surface area contributed by atoms with E-state index in [1.807, 2.05) is 6.07 Å². The predicted octanol–water partition coefficient (Wildman–Crippen LogP) is 2.05. The molecule has 1 aromatic carbocycles. The topological polar surface area (TPSA) is 29.3 Å². The van der Waals surface area contributed by atoms with Crippen LogP contribution in [0.25, 0.3) is 0 Å². The number of benzene rings is 1. The van der Waals surface area contributed by atoms with Crippen LogP contribution in [-0.4, -0.2) is 19.1 Å². The molecule has 2 rings (SSSR count). The number of rotatable bonds is 2. The first kappa shape index (κ1) is 9.81. The Morgan fingerprint density at radius 1 is 1.57 bits per heavy atom. The number of hydrogen-bond donors (Lipinski definition) is 1. The molecule has 0 saturated carbocycles. The Kier molecular flexibility index (Phi) is 2.66. The van der Waals surface area contributed by atoms with Crippen molar-refractivity contribution in [2.45, 2.75) is 19.4 Å². The maximum atomic E-state index is 5.96. The zero-order valence-corrected chi connectivity index (χ0v) is 9.09. The molecule has 0 aliphatic carbocycles. The molecule has 0 spiro atoms. The Labute approximate surface area is 89.7 Å². The lowest BCUT2D eigenvalue weighted by Gasteiger charge is -2.24. The first-order valence-corrected chi connectivity index (χ1v) is 5.39. The zero-order chi connectivity index (χ0) is 10.1. The van der Waals surface area contributed by atoms with Crippen LogP contribution in [-0.2, 0) is 6.42 Å². The summed E-state index contributed by atoms with van der Waals surface area (Å²) in [5.74, 6) is 0. The maximum Gasteiger partial charge on any atom is 0.0453 e. The van der Waals surface area contributed by atoms with Crippen molar-refractivity contribution in [2.24, 2.45) is 5.73 Å². The molecule has 1 aliphatic rings. The second-order valence-corrected chi connectivity index (χ2v) is 4.09. The van der Waals surface area contributed by atoms with Crippen molar-refractivity contribution in [3.05, 3.63) is 28.8 Å². The van der Waals surface area contributed by atoms with E-state index >= 15 is 0 Å². The highest BCUT2D eigenvalue weighted by Gasteiger charge is 2.26. The van der Waals surface area contributed by atoms with Gasteiger partial charge in [-0.2, -0.15) is 0 Å². The van der Waals surface area contributed by atoms with Crippen LogP contribution >= 0.6 is 11.6 Å². The zero-order valence-electron chi connectivity index (χ0n) is 8.33. The number of fused-ring (bicyclic) bond motifs is 1. The molecule has 0 saturated heterocycles. The largest absolute Gasteiger partial charge is 0.367 e. The molecule has 0 bridgehead atoms.